The van der Waals surface area contributed by atoms with Gasteiger partial charge in [-0.15, -0.1) is 0 Å². The summed E-state index contributed by atoms with van der Waals surface area (Å²) in [5, 5.41) is 4.59. The largest absolute Gasteiger partial charge is 0.352 e. The number of hydrogen-bond acceptors (Lipinski definition) is 4. The number of nitrogens with one attached hydrogen (secondary N) is 1. The number of amides is 2. The lowest BCUT2D eigenvalue weighted by atomic mass is 10.1. The van der Waals surface area contributed by atoms with E-state index in [9.17, 15) is 22.4 Å². The van der Waals surface area contributed by atoms with Crippen molar-refractivity contribution in [1.82, 2.24) is 14.5 Å². The quantitative estimate of drug-likeness (QED) is 0.402. The van der Waals surface area contributed by atoms with E-state index in [1.165, 1.54) is 30.1 Å². The van der Waals surface area contributed by atoms with Gasteiger partial charge < -0.3 is 10.2 Å². The van der Waals surface area contributed by atoms with Crippen molar-refractivity contribution in [3.8, 4) is 0 Å². The second kappa shape index (κ2) is 12.3. The molecular weight excluding hydrogens is 493 g/mol. The number of likely N-dealkylation sites (N-methyl/N-ethyl adjacent to an activating group) is 1. The maximum Gasteiger partial charge on any atom is 0.243 e. The summed E-state index contributed by atoms with van der Waals surface area (Å²) < 4.78 is 41.1. The molecule has 0 bridgehead atoms. The Hall–Kier alpha value is -3.30. The van der Waals surface area contributed by atoms with Crippen molar-refractivity contribution in [2.24, 2.45) is 0 Å². The normalized spacial score (nSPS) is 13.4. The van der Waals surface area contributed by atoms with Crippen molar-refractivity contribution in [1.29, 1.82) is 0 Å². The molecule has 0 aliphatic rings. The Labute approximate surface area is 218 Å². The predicted molar refractivity (Wildman–Crippen MR) is 143 cm³/mol. The Balaban J connectivity index is 1.88. The van der Waals surface area contributed by atoms with Crippen LogP contribution in [0.1, 0.15) is 39.2 Å². The predicted octanol–water partition coefficient (Wildman–Crippen LogP) is 4.32. The Morgan fingerprint density at radius 1 is 0.946 bits per heavy atom. The molecule has 2 unspecified atom stereocenters. The van der Waals surface area contributed by atoms with Crippen LogP contribution < -0.4 is 5.32 Å². The highest BCUT2D eigenvalue weighted by atomic mass is 32.2. The number of rotatable bonds is 11. The number of carbonyl (C=O) groups is 2. The van der Waals surface area contributed by atoms with Crippen LogP contribution in [0, 0.1) is 5.82 Å². The highest BCUT2D eigenvalue weighted by Gasteiger charge is 2.32. The van der Waals surface area contributed by atoms with Gasteiger partial charge >= 0.3 is 0 Å². The number of fused-ring (bicyclic) bond motifs is 1. The van der Waals surface area contributed by atoms with Gasteiger partial charge in [-0.25, -0.2) is 12.8 Å². The van der Waals surface area contributed by atoms with Crippen LogP contribution in [0.15, 0.2) is 71.6 Å². The van der Waals surface area contributed by atoms with Gasteiger partial charge in [0.15, 0.2) is 0 Å². The third-order valence-electron chi connectivity index (χ3n) is 6.44. The van der Waals surface area contributed by atoms with Crippen LogP contribution in [0.5, 0.6) is 0 Å². The summed E-state index contributed by atoms with van der Waals surface area (Å²) in [6.07, 6.45) is 1.05. The van der Waals surface area contributed by atoms with Gasteiger partial charge in [0.05, 0.1) is 11.4 Å². The molecule has 0 saturated heterocycles. The molecule has 1 N–H and O–H groups in total. The van der Waals surface area contributed by atoms with Crippen LogP contribution in [-0.4, -0.2) is 55.1 Å². The van der Waals surface area contributed by atoms with Crippen molar-refractivity contribution >= 4 is 32.6 Å². The van der Waals surface area contributed by atoms with Crippen LogP contribution in [0.4, 0.5) is 4.39 Å². The molecule has 7 nitrogen and oxygen atoms in total. The molecule has 0 fully saturated rings. The molecule has 9 heteroatoms. The summed E-state index contributed by atoms with van der Waals surface area (Å²) in [6.45, 7) is 5.20. The van der Waals surface area contributed by atoms with Gasteiger partial charge in [-0.05, 0) is 60.4 Å². The van der Waals surface area contributed by atoms with Crippen LogP contribution in [0.2, 0.25) is 0 Å². The first-order valence-electron chi connectivity index (χ1n) is 12.4. The minimum atomic E-state index is -3.98. The summed E-state index contributed by atoms with van der Waals surface area (Å²) in [5.74, 6) is -1.25. The summed E-state index contributed by atoms with van der Waals surface area (Å²) in [4.78, 5) is 28.1. The molecular formula is C28H34FN3O4S. The van der Waals surface area contributed by atoms with E-state index in [1.807, 2.05) is 38.1 Å². The van der Waals surface area contributed by atoms with Crippen LogP contribution in [0.3, 0.4) is 0 Å². The number of nitrogens with zero attached hydrogens (tertiary/aromatic N) is 2. The maximum atomic E-state index is 13.5. The van der Waals surface area contributed by atoms with Gasteiger partial charge in [-0.1, -0.05) is 56.3 Å². The fourth-order valence-corrected chi connectivity index (χ4v) is 5.18. The van der Waals surface area contributed by atoms with E-state index in [4.69, 9.17) is 0 Å². The second-order valence-corrected chi connectivity index (χ2v) is 11.2. The van der Waals surface area contributed by atoms with E-state index in [2.05, 4.69) is 5.32 Å². The van der Waals surface area contributed by atoms with E-state index in [-0.39, 0.29) is 23.4 Å². The van der Waals surface area contributed by atoms with Crippen molar-refractivity contribution in [3.05, 3.63) is 78.1 Å². The van der Waals surface area contributed by atoms with E-state index < -0.39 is 34.3 Å². The van der Waals surface area contributed by atoms with Crippen molar-refractivity contribution < 1.29 is 22.4 Å². The molecule has 3 aromatic rings. The minimum Gasteiger partial charge on any atom is -0.352 e. The van der Waals surface area contributed by atoms with E-state index in [0.29, 0.717) is 12.0 Å². The van der Waals surface area contributed by atoms with Gasteiger partial charge in [0.25, 0.3) is 0 Å². The van der Waals surface area contributed by atoms with Gasteiger partial charge in [-0.3, -0.25) is 9.59 Å². The smallest absolute Gasteiger partial charge is 0.243 e. The number of benzene rings is 3. The first-order chi connectivity index (χ1) is 17.6. The summed E-state index contributed by atoms with van der Waals surface area (Å²) in [5.41, 5.74) is 0.629. The minimum absolute atomic E-state index is 0.0371. The van der Waals surface area contributed by atoms with Gasteiger partial charge in [0, 0.05) is 19.6 Å². The molecule has 0 saturated carbocycles. The molecule has 3 rings (SSSR count). The van der Waals surface area contributed by atoms with Crippen LogP contribution in [0.25, 0.3) is 10.8 Å². The zero-order valence-electron chi connectivity index (χ0n) is 21.6. The molecule has 37 heavy (non-hydrogen) atoms. The average molecular weight is 528 g/mol. The number of halogens is 1. The topological polar surface area (TPSA) is 86.8 Å². The van der Waals surface area contributed by atoms with Crippen molar-refractivity contribution in [3.63, 3.8) is 0 Å². The van der Waals surface area contributed by atoms with E-state index in [1.54, 1.807) is 31.2 Å². The van der Waals surface area contributed by atoms with Crippen molar-refractivity contribution in [2.75, 3.05) is 13.6 Å². The summed E-state index contributed by atoms with van der Waals surface area (Å²) >= 11 is 0. The average Bonchev–Trinajstić information content (AvgIpc) is 2.89. The Morgan fingerprint density at radius 2 is 1.59 bits per heavy atom. The highest BCUT2D eigenvalue weighted by molar-refractivity contribution is 7.89. The number of hydrogen-bond donors (Lipinski definition) is 1. The van der Waals surface area contributed by atoms with Crippen LogP contribution >= 0.6 is 0 Å². The Morgan fingerprint density at radius 3 is 2.22 bits per heavy atom. The molecule has 0 radical (unpaired) electrons. The zero-order valence-corrected chi connectivity index (χ0v) is 22.5. The standard InChI is InChI=1S/C28H34FN3O4S/c1-5-20(3)30-28(34)26(6-2)32(18-21-11-14-24(29)15-12-21)27(33)19-31(4)37(35,36)25-16-13-22-9-7-8-10-23(22)17-25/h7-17,20,26H,5-6,18-19H2,1-4H3,(H,30,34). The molecule has 2 amide bonds. The molecule has 198 valence electrons. The number of carbonyl (C=O) groups excluding carboxylic acids is 2. The molecule has 3 aromatic carbocycles. The fraction of sp³-hybridized carbons (Fsp3) is 0.357. The monoisotopic (exact) mass is 527 g/mol. The van der Waals surface area contributed by atoms with Crippen LogP contribution in [-0.2, 0) is 26.2 Å². The Bertz CT molecular complexity index is 1350. The first kappa shape index (κ1) is 28.3. The molecule has 0 aliphatic carbocycles. The number of sulfonamides is 1. The van der Waals surface area contributed by atoms with E-state index in [0.717, 1.165) is 21.5 Å². The lowest BCUT2D eigenvalue weighted by Crippen LogP contribution is -2.53. The highest BCUT2D eigenvalue weighted by Crippen LogP contribution is 2.22. The molecule has 2 atom stereocenters. The third kappa shape index (κ3) is 6.93. The molecule has 0 aromatic heterocycles. The van der Waals surface area contributed by atoms with Gasteiger partial charge in [-0.2, -0.15) is 4.31 Å². The fourth-order valence-electron chi connectivity index (χ4n) is 4.02. The molecule has 0 aliphatic heterocycles. The Kier molecular flexibility index (Phi) is 9.39. The third-order valence-corrected chi connectivity index (χ3v) is 8.24. The molecule has 0 spiro atoms. The second-order valence-electron chi connectivity index (χ2n) is 9.16. The SMILES string of the molecule is CCC(C)NC(=O)C(CC)N(Cc1ccc(F)cc1)C(=O)CN(C)S(=O)(=O)c1ccc2ccccc2c1. The maximum absolute atomic E-state index is 13.5. The summed E-state index contributed by atoms with van der Waals surface area (Å²) in [6, 6.07) is 17.0. The summed E-state index contributed by atoms with van der Waals surface area (Å²) in [7, 11) is -2.63. The zero-order chi connectivity index (χ0) is 27.2. The van der Waals surface area contributed by atoms with Gasteiger partial charge in [0.1, 0.15) is 11.9 Å². The van der Waals surface area contributed by atoms with E-state index >= 15 is 0 Å². The first-order valence-corrected chi connectivity index (χ1v) is 13.8. The van der Waals surface area contributed by atoms with Crippen molar-refractivity contribution in [2.45, 2.75) is 57.1 Å². The lowest BCUT2D eigenvalue weighted by Gasteiger charge is -2.32. The molecule has 0 heterocycles. The lowest BCUT2D eigenvalue weighted by molar-refractivity contribution is -0.141. The van der Waals surface area contributed by atoms with Gasteiger partial charge in [0.2, 0.25) is 21.8 Å².